The second kappa shape index (κ2) is 8.51. The van der Waals surface area contributed by atoms with Gasteiger partial charge >= 0.3 is 0 Å². The lowest BCUT2D eigenvalue weighted by atomic mass is 9.55. The Labute approximate surface area is 179 Å². The molecule has 4 rings (SSSR count). The summed E-state index contributed by atoms with van der Waals surface area (Å²) in [4.78, 5) is 13.8. The summed E-state index contributed by atoms with van der Waals surface area (Å²) in [5, 5.41) is 3.78. The van der Waals surface area contributed by atoms with Crippen molar-refractivity contribution < 1.29 is 4.74 Å². The predicted molar refractivity (Wildman–Crippen MR) is 120 cm³/mol. The summed E-state index contributed by atoms with van der Waals surface area (Å²) in [6.07, 6.45) is 4.70. The maximum absolute atomic E-state index is 6.04. The zero-order valence-corrected chi connectivity index (χ0v) is 18.9. The first-order valence-electron chi connectivity index (χ1n) is 9.87. The van der Waals surface area contributed by atoms with E-state index in [1.54, 1.807) is 0 Å². The van der Waals surface area contributed by atoms with Crippen LogP contribution in [0.2, 0.25) is 0 Å². The van der Waals surface area contributed by atoms with E-state index >= 15 is 0 Å². The Kier molecular flexibility index (Phi) is 6.50. The van der Waals surface area contributed by atoms with Gasteiger partial charge in [0.2, 0.25) is 0 Å². The summed E-state index contributed by atoms with van der Waals surface area (Å²) in [7, 11) is 1.90. The van der Waals surface area contributed by atoms with Gasteiger partial charge in [0.1, 0.15) is 5.82 Å². The fraction of sp³-hybridized carbons (Fsp3) is 0.700. The molecule has 150 valence electrons. The molecule has 3 fully saturated rings. The lowest BCUT2D eigenvalue weighted by molar-refractivity contribution is -0.188. The topological polar surface area (TPSA) is 53.0 Å². The van der Waals surface area contributed by atoms with Crippen molar-refractivity contribution in [3.63, 3.8) is 0 Å². The third kappa shape index (κ3) is 3.90. The second-order valence-corrected chi connectivity index (χ2v) is 8.25. The normalized spacial score (nSPS) is 30.0. The van der Waals surface area contributed by atoms with Crippen molar-refractivity contribution in [2.45, 2.75) is 38.8 Å². The molecular weight excluding hydrogens is 453 g/mol. The first-order chi connectivity index (χ1) is 12.6. The van der Waals surface area contributed by atoms with Crippen LogP contribution in [0.15, 0.2) is 29.4 Å². The Morgan fingerprint density at radius 3 is 2.70 bits per heavy atom. The smallest absolute Gasteiger partial charge is 0.194 e. The van der Waals surface area contributed by atoms with Crippen LogP contribution in [0.3, 0.4) is 0 Å². The number of nitrogens with one attached hydrogen (secondary N) is 1. The molecule has 27 heavy (non-hydrogen) atoms. The maximum atomic E-state index is 6.04. The van der Waals surface area contributed by atoms with E-state index in [1.807, 2.05) is 19.3 Å². The van der Waals surface area contributed by atoms with Crippen molar-refractivity contribution >= 4 is 35.8 Å². The van der Waals surface area contributed by atoms with Crippen molar-refractivity contribution in [2.24, 2.45) is 16.3 Å². The number of aromatic nitrogens is 1. The fourth-order valence-corrected chi connectivity index (χ4v) is 4.94. The minimum Gasteiger partial charge on any atom is -0.377 e. The molecule has 3 heterocycles. The van der Waals surface area contributed by atoms with E-state index in [4.69, 9.17) is 4.74 Å². The lowest BCUT2D eigenvalue weighted by Crippen LogP contribution is -2.71. The van der Waals surface area contributed by atoms with Crippen LogP contribution in [0.1, 0.15) is 26.7 Å². The summed E-state index contributed by atoms with van der Waals surface area (Å²) >= 11 is 0. The second-order valence-electron chi connectivity index (χ2n) is 8.25. The van der Waals surface area contributed by atoms with Gasteiger partial charge in [-0.05, 0) is 25.0 Å². The van der Waals surface area contributed by atoms with E-state index in [0.29, 0.717) is 18.1 Å². The minimum absolute atomic E-state index is 0. The predicted octanol–water partition coefficient (Wildman–Crippen LogP) is 2.60. The van der Waals surface area contributed by atoms with E-state index in [2.05, 4.69) is 51.1 Å². The molecule has 6 nitrogen and oxygen atoms in total. The molecule has 0 radical (unpaired) electrons. The molecule has 1 N–H and O–H groups in total. The number of hydrogen-bond donors (Lipinski definition) is 1. The number of halogens is 1. The van der Waals surface area contributed by atoms with Crippen molar-refractivity contribution in [3.05, 3.63) is 24.4 Å². The minimum atomic E-state index is 0. The van der Waals surface area contributed by atoms with E-state index < -0.39 is 0 Å². The number of anilines is 1. The Morgan fingerprint density at radius 1 is 1.26 bits per heavy atom. The number of piperazine rings is 1. The molecule has 2 aliphatic heterocycles. The SMILES string of the molecule is CN=C(NC1C2CCCOC2C1(C)C)N1CCN(c2ccccn2)CC1.I. The molecule has 3 atom stereocenters. The van der Waals surface area contributed by atoms with Gasteiger partial charge in [-0.3, -0.25) is 4.99 Å². The van der Waals surface area contributed by atoms with Gasteiger partial charge in [-0.1, -0.05) is 19.9 Å². The molecule has 1 aromatic rings. The molecule has 0 aromatic carbocycles. The van der Waals surface area contributed by atoms with Gasteiger partial charge in [0.25, 0.3) is 0 Å². The van der Waals surface area contributed by atoms with Crippen LogP contribution in [0.4, 0.5) is 5.82 Å². The standard InChI is InChI=1S/C20H31N5O.HI/c1-20(2)17(15-7-6-14-26-18(15)20)23-19(21-3)25-12-10-24(11-13-25)16-8-4-5-9-22-16;/h4-5,8-9,15,17-18H,6-7,10-14H2,1-3H3,(H,21,23);1H. The highest BCUT2D eigenvalue weighted by molar-refractivity contribution is 14.0. The summed E-state index contributed by atoms with van der Waals surface area (Å²) < 4.78 is 6.04. The first-order valence-corrected chi connectivity index (χ1v) is 9.87. The molecule has 0 bridgehead atoms. The van der Waals surface area contributed by atoms with Crippen molar-refractivity contribution in [1.29, 1.82) is 0 Å². The highest BCUT2D eigenvalue weighted by Gasteiger charge is 2.58. The van der Waals surface area contributed by atoms with Crippen molar-refractivity contribution in [1.82, 2.24) is 15.2 Å². The summed E-state index contributed by atoms with van der Waals surface area (Å²) in [5.41, 5.74) is 0.163. The van der Waals surface area contributed by atoms with Crippen LogP contribution < -0.4 is 10.2 Å². The number of nitrogens with zero attached hydrogens (tertiary/aromatic N) is 4. The number of pyridine rings is 1. The Bertz CT molecular complexity index is 645. The van der Waals surface area contributed by atoms with Gasteiger partial charge in [0, 0.05) is 63.4 Å². The Balaban J connectivity index is 0.00000210. The highest BCUT2D eigenvalue weighted by atomic mass is 127. The number of ether oxygens (including phenoxy) is 1. The Hall–Kier alpha value is -1.09. The summed E-state index contributed by atoms with van der Waals surface area (Å²) in [5.74, 6) is 2.72. The van der Waals surface area contributed by atoms with Gasteiger partial charge in [0.05, 0.1) is 6.10 Å². The fourth-order valence-electron chi connectivity index (χ4n) is 4.94. The van der Waals surface area contributed by atoms with Crippen molar-refractivity contribution in [2.75, 3.05) is 44.7 Å². The van der Waals surface area contributed by atoms with Gasteiger partial charge in [-0.2, -0.15) is 0 Å². The molecule has 3 aliphatic rings. The molecule has 7 heteroatoms. The van der Waals surface area contributed by atoms with Crippen LogP contribution in [-0.2, 0) is 4.74 Å². The molecule has 0 spiro atoms. The van der Waals surface area contributed by atoms with Crippen LogP contribution >= 0.6 is 24.0 Å². The zero-order valence-electron chi connectivity index (χ0n) is 16.6. The quantitative estimate of drug-likeness (QED) is 0.397. The number of hydrogen-bond acceptors (Lipinski definition) is 4. The summed E-state index contributed by atoms with van der Waals surface area (Å²) in [6.45, 7) is 9.44. The van der Waals surface area contributed by atoms with Gasteiger partial charge in [-0.15, -0.1) is 24.0 Å². The number of fused-ring (bicyclic) bond motifs is 1. The molecule has 0 amide bonds. The summed E-state index contributed by atoms with van der Waals surface area (Å²) in [6, 6.07) is 6.55. The average Bonchev–Trinajstić information content (AvgIpc) is 2.69. The average molecular weight is 485 g/mol. The third-order valence-corrected chi connectivity index (χ3v) is 6.38. The van der Waals surface area contributed by atoms with Gasteiger partial charge < -0.3 is 19.9 Å². The van der Waals surface area contributed by atoms with Gasteiger partial charge in [-0.25, -0.2) is 4.98 Å². The molecule has 1 saturated carbocycles. The molecule has 1 aromatic heterocycles. The number of aliphatic imine (C=N–C) groups is 1. The molecular formula is C20H32IN5O. The first kappa shape index (κ1) is 20.6. The van der Waals surface area contributed by atoms with Gasteiger partial charge in [0.15, 0.2) is 5.96 Å². The zero-order chi connectivity index (χ0) is 18.1. The molecule has 3 unspecified atom stereocenters. The van der Waals surface area contributed by atoms with Crippen LogP contribution in [0.5, 0.6) is 0 Å². The molecule has 1 aliphatic carbocycles. The maximum Gasteiger partial charge on any atom is 0.194 e. The number of rotatable bonds is 2. The lowest BCUT2D eigenvalue weighted by Gasteiger charge is -2.60. The van der Waals surface area contributed by atoms with E-state index in [1.165, 1.54) is 12.8 Å². The molecule has 2 saturated heterocycles. The Morgan fingerprint density at radius 2 is 2.04 bits per heavy atom. The number of guanidine groups is 1. The monoisotopic (exact) mass is 485 g/mol. The van der Waals surface area contributed by atoms with Crippen LogP contribution in [0.25, 0.3) is 0 Å². The van der Waals surface area contributed by atoms with E-state index in [0.717, 1.165) is 44.6 Å². The van der Waals surface area contributed by atoms with E-state index in [9.17, 15) is 0 Å². The van der Waals surface area contributed by atoms with Crippen molar-refractivity contribution in [3.8, 4) is 0 Å². The largest absolute Gasteiger partial charge is 0.377 e. The highest BCUT2D eigenvalue weighted by Crippen LogP contribution is 2.51. The van der Waals surface area contributed by atoms with E-state index in [-0.39, 0.29) is 29.4 Å². The van der Waals surface area contributed by atoms with Crippen LogP contribution in [0, 0.1) is 11.3 Å². The van der Waals surface area contributed by atoms with Crippen LogP contribution in [-0.4, -0.2) is 67.8 Å². The third-order valence-electron chi connectivity index (χ3n) is 6.38.